The predicted octanol–water partition coefficient (Wildman–Crippen LogP) is 5.54. The van der Waals surface area contributed by atoms with Gasteiger partial charge in [0.15, 0.2) is 0 Å². The minimum absolute atomic E-state index is 0.0147. The van der Waals surface area contributed by atoms with Crippen molar-refractivity contribution in [3.05, 3.63) is 83.4 Å². The lowest BCUT2D eigenvalue weighted by Gasteiger charge is -2.41. The second kappa shape index (κ2) is 31.3. The van der Waals surface area contributed by atoms with Crippen molar-refractivity contribution >= 4 is 53.0 Å². The van der Waals surface area contributed by atoms with E-state index in [0.717, 1.165) is 5.56 Å². The second-order valence-electron chi connectivity index (χ2n) is 21.7. The summed E-state index contributed by atoms with van der Waals surface area (Å²) in [5.74, 6) is -3.52. The van der Waals surface area contributed by atoms with Crippen molar-refractivity contribution in [2.45, 2.75) is 156 Å². The SMILES string of the molecule is CC[C@H](C)[C@@H](C(CC(=O)N1CCC[C@H]1[C@H](OC)[C@@H](C)C(=O)N[C@H](COC(=O)c1ccc(/C(C)=N\NC(=O)CCCCCN2C(=O)C=CC2=O)cc1)Cc1ccccc1)OC)N(C)C(=O)[C@@H](NC(=O)[C@H](C(C)C)N(C)C)C(C)C. The van der Waals surface area contributed by atoms with Gasteiger partial charge in [-0.1, -0.05) is 104 Å². The summed E-state index contributed by atoms with van der Waals surface area (Å²) < 4.78 is 18.0. The van der Waals surface area contributed by atoms with Gasteiger partial charge >= 0.3 is 5.97 Å². The van der Waals surface area contributed by atoms with Crippen LogP contribution in [0.4, 0.5) is 0 Å². The molecule has 9 atom stereocenters. The fraction of sp³-hybridized carbons (Fsp3) is 0.610. The van der Waals surface area contributed by atoms with E-state index in [-0.39, 0.29) is 84.1 Å². The summed E-state index contributed by atoms with van der Waals surface area (Å²) in [5, 5.41) is 10.4. The molecule has 1 fully saturated rings. The molecule has 3 N–H and O–H groups in total. The number of hydrazone groups is 1. The van der Waals surface area contributed by atoms with Gasteiger partial charge in [0.2, 0.25) is 29.5 Å². The van der Waals surface area contributed by atoms with E-state index in [1.807, 2.05) is 90.9 Å². The number of nitrogens with one attached hydrogen (secondary N) is 3. The van der Waals surface area contributed by atoms with Crippen LogP contribution in [0, 0.1) is 23.7 Å². The number of imide groups is 1. The maximum Gasteiger partial charge on any atom is 0.338 e. The van der Waals surface area contributed by atoms with Gasteiger partial charge in [-0.2, -0.15) is 5.10 Å². The molecule has 19 nitrogen and oxygen atoms in total. The zero-order chi connectivity index (χ0) is 57.8. The Hall–Kier alpha value is -6.31. The predicted molar refractivity (Wildman–Crippen MR) is 299 cm³/mol. The van der Waals surface area contributed by atoms with Gasteiger partial charge in [0, 0.05) is 52.9 Å². The monoisotopic (exact) mass is 1080 g/mol. The van der Waals surface area contributed by atoms with Crippen LogP contribution in [0.5, 0.6) is 0 Å². The fourth-order valence-corrected chi connectivity index (χ4v) is 10.6. The Morgan fingerprint density at radius 2 is 1.44 bits per heavy atom. The molecule has 4 rings (SSSR count). The van der Waals surface area contributed by atoms with Gasteiger partial charge in [0.05, 0.1) is 60.0 Å². The van der Waals surface area contributed by atoms with E-state index >= 15 is 0 Å². The minimum Gasteiger partial charge on any atom is -0.460 e. The normalized spacial score (nSPS) is 17.8. The van der Waals surface area contributed by atoms with Crippen molar-refractivity contribution in [2.24, 2.45) is 28.8 Å². The molecule has 430 valence electrons. The number of likely N-dealkylation sites (N-methyl/N-ethyl adjacent to an activating group) is 2. The maximum absolute atomic E-state index is 14.5. The number of hydrogen-bond donors (Lipinski definition) is 3. The number of nitrogens with zero attached hydrogens (tertiary/aromatic N) is 5. The van der Waals surface area contributed by atoms with Gasteiger partial charge < -0.3 is 34.6 Å². The first kappa shape index (κ1) is 64.2. The number of unbranched alkanes of at least 4 members (excludes halogenated alkanes) is 2. The number of carbonyl (C=O) groups excluding carboxylic acids is 8. The third-order valence-electron chi connectivity index (χ3n) is 15.1. The molecule has 2 heterocycles. The average molecular weight is 1090 g/mol. The largest absolute Gasteiger partial charge is 0.460 e. The van der Waals surface area contributed by atoms with E-state index in [1.54, 1.807) is 62.1 Å². The molecule has 0 aromatic heterocycles. The number of ether oxygens (including phenoxy) is 3. The number of benzene rings is 2. The van der Waals surface area contributed by atoms with Crippen LogP contribution in [0.25, 0.3) is 0 Å². The highest BCUT2D eigenvalue weighted by molar-refractivity contribution is 6.12. The van der Waals surface area contributed by atoms with E-state index < -0.39 is 54.3 Å². The standard InChI is InChI=1S/C59H88N8O11/c1-14-39(6)54(65(11)58(74)52(37(2)3)61-57(73)53(38(4)5)64(9)10)47(76-12)35-51(71)66-33-21-24-46(66)55(77-13)40(7)56(72)60-45(34-42-22-17-15-18-23-42)36-78-59(75)44-28-26-43(27-29-44)41(8)62-63-48(68)25-19-16-20-32-67-49(69)30-31-50(67)70/h15,17-18,22-23,26-31,37-40,45-47,52-55H,14,16,19-21,24-25,32-36H2,1-13H3,(H,60,72)(H,61,73)(H,63,68)/b62-41-/t39-,40+,45-,46-,47?,52-,53-,54-,55+/m0/s1. The first-order valence-electron chi connectivity index (χ1n) is 27.6. The number of methoxy groups -OCH3 is 2. The van der Waals surface area contributed by atoms with Crippen molar-refractivity contribution < 1.29 is 52.6 Å². The van der Waals surface area contributed by atoms with Gasteiger partial charge in [-0.15, -0.1) is 0 Å². The fourth-order valence-electron chi connectivity index (χ4n) is 10.6. The van der Waals surface area contributed by atoms with Crippen molar-refractivity contribution in [1.82, 2.24) is 35.7 Å². The van der Waals surface area contributed by atoms with Crippen LogP contribution in [0.2, 0.25) is 0 Å². The van der Waals surface area contributed by atoms with Crippen LogP contribution in [0.1, 0.15) is 128 Å². The Bertz CT molecular complexity index is 2370. The summed E-state index contributed by atoms with van der Waals surface area (Å²) in [5.41, 5.74) is 4.95. The summed E-state index contributed by atoms with van der Waals surface area (Å²) in [7, 11) is 8.49. The highest BCUT2D eigenvalue weighted by Crippen LogP contribution is 2.30. The van der Waals surface area contributed by atoms with Gasteiger partial charge in [-0.05, 0) is 94.1 Å². The molecule has 0 saturated carbocycles. The molecule has 78 heavy (non-hydrogen) atoms. The topological polar surface area (TPSA) is 226 Å². The summed E-state index contributed by atoms with van der Waals surface area (Å²) in [6.45, 7) is 15.9. The molecule has 2 aromatic carbocycles. The van der Waals surface area contributed by atoms with Crippen molar-refractivity contribution in [2.75, 3.05) is 55.1 Å². The second-order valence-corrected chi connectivity index (χ2v) is 21.7. The molecule has 7 amide bonds. The summed E-state index contributed by atoms with van der Waals surface area (Å²) in [4.78, 5) is 113. The summed E-state index contributed by atoms with van der Waals surface area (Å²) >= 11 is 0. The number of rotatable bonds is 31. The lowest BCUT2D eigenvalue weighted by molar-refractivity contribution is -0.148. The first-order chi connectivity index (χ1) is 37.0. The van der Waals surface area contributed by atoms with Crippen LogP contribution in [0.15, 0.2) is 71.9 Å². The lowest BCUT2D eigenvalue weighted by atomic mass is 9.89. The maximum atomic E-state index is 14.5. The number of esters is 1. The molecule has 1 unspecified atom stereocenters. The third-order valence-corrected chi connectivity index (χ3v) is 15.1. The lowest BCUT2D eigenvalue weighted by Crippen LogP contribution is -2.59. The molecule has 0 aliphatic carbocycles. The Kier molecular flexibility index (Phi) is 25.8. The highest BCUT2D eigenvalue weighted by Gasteiger charge is 2.43. The first-order valence-corrected chi connectivity index (χ1v) is 27.6. The molecule has 2 aromatic rings. The number of amides is 7. The smallest absolute Gasteiger partial charge is 0.338 e. The van der Waals surface area contributed by atoms with Crippen LogP contribution in [-0.4, -0.2) is 170 Å². The number of carbonyl (C=O) groups is 8. The van der Waals surface area contributed by atoms with Crippen molar-refractivity contribution in [3.63, 3.8) is 0 Å². The molecule has 1 saturated heterocycles. The van der Waals surface area contributed by atoms with E-state index in [4.69, 9.17) is 14.2 Å². The highest BCUT2D eigenvalue weighted by atomic mass is 16.5. The molecular formula is C59H88N8O11. The molecule has 0 bridgehead atoms. The van der Waals surface area contributed by atoms with Crippen LogP contribution >= 0.6 is 0 Å². The van der Waals surface area contributed by atoms with E-state index in [1.165, 1.54) is 24.2 Å². The average Bonchev–Trinajstić information content (AvgIpc) is 4.04. The van der Waals surface area contributed by atoms with Crippen molar-refractivity contribution in [3.8, 4) is 0 Å². The number of hydrogen-bond acceptors (Lipinski definition) is 13. The summed E-state index contributed by atoms with van der Waals surface area (Å²) in [6, 6.07) is 13.4. The molecule has 19 heteroatoms. The van der Waals surface area contributed by atoms with Gasteiger partial charge in [-0.25, -0.2) is 10.2 Å². The van der Waals surface area contributed by atoms with Gasteiger partial charge in [0.1, 0.15) is 12.6 Å². The van der Waals surface area contributed by atoms with Crippen LogP contribution in [-0.2, 0) is 54.2 Å². The van der Waals surface area contributed by atoms with E-state index in [2.05, 4.69) is 21.2 Å². The zero-order valence-corrected chi connectivity index (χ0v) is 48.4. The van der Waals surface area contributed by atoms with Gasteiger partial charge in [0.25, 0.3) is 11.8 Å². The molecule has 0 spiro atoms. The Labute approximate surface area is 462 Å². The summed E-state index contributed by atoms with van der Waals surface area (Å²) in [6.07, 6.45) is 5.51. The Morgan fingerprint density at radius 3 is 2.01 bits per heavy atom. The molecule has 2 aliphatic rings. The van der Waals surface area contributed by atoms with Gasteiger partial charge in [-0.3, -0.25) is 43.4 Å². The third kappa shape index (κ3) is 18.1. The molecule has 0 radical (unpaired) electrons. The molecular weight excluding hydrogens is 997 g/mol. The van der Waals surface area contributed by atoms with Crippen LogP contribution < -0.4 is 16.1 Å². The minimum atomic E-state index is -0.803. The van der Waals surface area contributed by atoms with E-state index in [0.29, 0.717) is 69.3 Å². The number of likely N-dealkylation sites (tertiary alicyclic amines) is 1. The van der Waals surface area contributed by atoms with E-state index in [9.17, 15) is 38.4 Å². The molecule has 2 aliphatic heterocycles. The quantitative estimate of drug-likeness (QED) is 0.0278. The van der Waals surface area contributed by atoms with Crippen molar-refractivity contribution in [1.29, 1.82) is 0 Å². The Balaban J connectivity index is 1.39. The Morgan fingerprint density at radius 1 is 0.795 bits per heavy atom. The zero-order valence-electron chi connectivity index (χ0n) is 48.4. The van der Waals surface area contributed by atoms with Crippen LogP contribution in [0.3, 0.4) is 0 Å².